The maximum atomic E-state index is 13.5. The Balaban J connectivity index is 1.36. The molecule has 11 nitrogen and oxygen atoms in total. The molecule has 7 atom stereocenters. The molecule has 0 saturated heterocycles. The fraction of sp³-hybridized carbons (Fsp3) is 0.596. The second-order valence-corrected chi connectivity index (χ2v) is 22.6. The minimum Gasteiger partial charge on any atom is -0.497 e. The molecule has 0 bridgehead atoms. The van der Waals surface area contributed by atoms with Crippen LogP contribution in [0.5, 0.6) is 11.5 Å². The van der Waals surface area contributed by atoms with Gasteiger partial charge in [-0.2, -0.15) is 0 Å². The van der Waals surface area contributed by atoms with Crippen LogP contribution in [0.25, 0.3) is 0 Å². The predicted octanol–water partition coefficient (Wildman–Crippen LogP) is 8.73. The van der Waals surface area contributed by atoms with Gasteiger partial charge in [-0.05, 0) is 86.4 Å². The van der Waals surface area contributed by atoms with Crippen LogP contribution in [0.3, 0.4) is 0 Å². The zero-order valence-corrected chi connectivity index (χ0v) is 38.3. The number of esters is 2. The number of benzene rings is 1. The lowest BCUT2D eigenvalue weighted by molar-refractivity contribution is -0.205. The molecule has 1 aromatic carbocycles. The number of hydrogen-bond acceptors (Lipinski definition) is 10. The molecule has 12 heteroatoms. The summed E-state index contributed by atoms with van der Waals surface area (Å²) in [7, 11) is 0.848. The number of allylic oxidation sites excluding steroid dienone is 8. The molecule has 2 N–H and O–H groups in total. The van der Waals surface area contributed by atoms with Crippen molar-refractivity contribution in [2.45, 2.75) is 123 Å². The molecule has 4 rings (SSSR count). The topological polar surface area (TPSA) is 131 Å². The standard InChI is InChI=1S/C47H70N2O9Si/c1-12-55-45(52)44(49-31-34-23-24-35(53-8)29-41(34)54-9)40(58-59(10,11)46(3,4)5)26-27-48-42(50)21-15-13-14-20-37-33(28-39-32(2)22-25-38(37)39)18-16-17-19-36-30-43(51)57-47(6,7)56-36/h13-16,18,21-25,29-30,32-33,37-40,44,49H,12,17,19-20,26-28,31H2,1-11H3,(H,48,50)/b14-13+,18-16+,21-15+/t32-,33+,37-,38+,39+,40-,44-/m0/s1. The molecule has 0 unspecified atom stereocenters. The molecule has 0 spiro atoms. The highest BCUT2D eigenvalue weighted by atomic mass is 28.4. The van der Waals surface area contributed by atoms with E-state index >= 15 is 0 Å². The Morgan fingerprint density at radius 3 is 2.51 bits per heavy atom. The number of carbonyl (C=O) groups is 3. The lowest BCUT2D eigenvalue weighted by Crippen LogP contribution is -2.54. The van der Waals surface area contributed by atoms with Gasteiger partial charge < -0.3 is 33.4 Å². The Hall–Kier alpha value is -4.13. The second-order valence-electron chi connectivity index (χ2n) is 17.9. The van der Waals surface area contributed by atoms with Crippen molar-refractivity contribution in [2.75, 3.05) is 27.4 Å². The lowest BCUT2D eigenvalue weighted by Gasteiger charge is -2.41. The van der Waals surface area contributed by atoms with Crippen LogP contribution in [0.15, 0.2) is 78.6 Å². The summed E-state index contributed by atoms with van der Waals surface area (Å²) in [6.07, 6.45) is 21.6. The number of methoxy groups -OCH3 is 2. The van der Waals surface area contributed by atoms with Crippen molar-refractivity contribution in [1.82, 2.24) is 10.6 Å². The Labute approximate surface area is 354 Å². The monoisotopic (exact) mass is 834 g/mol. The van der Waals surface area contributed by atoms with E-state index in [9.17, 15) is 14.4 Å². The Morgan fingerprint density at radius 2 is 1.83 bits per heavy atom. The second kappa shape index (κ2) is 21.4. The van der Waals surface area contributed by atoms with E-state index in [1.165, 1.54) is 6.08 Å². The summed E-state index contributed by atoms with van der Waals surface area (Å²) in [4.78, 5) is 38.5. The van der Waals surface area contributed by atoms with E-state index < -0.39 is 32.2 Å². The molecule has 1 amide bonds. The number of amides is 1. The molecule has 1 fully saturated rings. The molecule has 1 aliphatic heterocycles. The lowest BCUT2D eigenvalue weighted by atomic mass is 9.85. The molecule has 59 heavy (non-hydrogen) atoms. The normalized spacial score (nSPS) is 23.8. The number of carbonyl (C=O) groups excluding carboxylic acids is 3. The molecule has 0 aromatic heterocycles. The van der Waals surface area contributed by atoms with Crippen LogP contribution in [0, 0.1) is 29.6 Å². The average Bonchev–Trinajstić information content (AvgIpc) is 3.69. The van der Waals surface area contributed by atoms with Crippen LogP contribution in [-0.2, 0) is 39.6 Å². The minimum atomic E-state index is -2.35. The molecule has 1 saturated carbocycles. The summed E-state index contributed by atoms with van der Waals surface area (Å²) in [5.74, 6) is 2.70. The van der Waals surface area contributed by atoms with Gasteiger partial charge in [0.25, 0.3) is 0 Å². The van der Waals surface area contributed by atoms with Gasteiger partial charge in [0.1, 0.15) is 23.3 Å². The zero-order valence-electron chi connectivity index (χ0n) is 37.3. The first-order valence-corrected chi connectivity index (χ1v) is 24.2. The summed E-state index contributed by atoms with van der Waals surface area (Å²) in [5.41, 5.74) is 0.854. The van der Waals surface area contributed by atoms with Crippen LogP contribution in [0.4, 0.5) is 0 Å². The van der Waals surface area contributed by atoms with Crippen LogP contribution in [0.1, 0.15) is 86.1 Å². The Bertz CT molecular complexity index is 1740. The van der Waals surface area contributed by atoms with E-state index in [0.717, 1.165) is 24.8 Å². The molecular weight excluding hydrogens is 765 g/mol. The molecular formula is C47H70N2O9Si. The number of rotatable bonds is 21. The van der Waals surface area contributed by atoms with Crippen molar-refractivity contribution in [3.05, 3.63) is 84.2 Å². The number of fused-ring (bicyclic) bond motifs is 1. The third-order valence-electron chi connectivity index (χ3n) is 12.1. The third-order valence-corrected chi connectivity index (χ3v) is 16.6. The molecule has 1 heterocycles. The number of ether oxygens (including phenoxy) is 5. The van der Waals surface area contributed by atoms with E-state index in [0.29, 0.717) is 72.8 Å². The van der Waals surface area contributed by atoms with Crippen LogP contribution < -0.4 is 20.1 Å². The van der Waals surface area contributed by atoms with E-state index in [-0.39, 0.29) is 23.5 Å². The van der Waals surface area contributed by atoms with Crippen molar-refractivity contribution < 1.29 is 42.5 Å². The van der Waals surface area contributed by atoms with Gasteiger partial charge in [-0.15, -0.1) is 0 Å². The van der Waals surface area contributed by atoms with E-state index in [2.05, 4.69) is 81.8 Å². The molecule has 2 aliphatic carbocycles. The van der Waals surface area contributed by atoms with Gasteiger partial charge in [-0.25, -0.2) is 4.79 Å². The number of hydrogen-bond donors (Lipinski definition) is 2. The first kappa shape index (κ1) is 47.5. The number of cyclic esters (lactones) is 1. The van der Waals surface area contributed by atoms with Crippen LogP contribution in [-0.4, -0.2) is 71.5 Å². The summed E-state index contributed by atoms with van der Waals surface area (Å²) in [6, 6.07) is 4.78. The largest absolute Gasteiger partial charge is 0.497 e. The fourth-order valence-electron chi connectivity index (χ4n) is 8.01. The Morgan fingerprint density at radius 1 is 1.07 bits per heavy atom. The van der Waals surface area contributed by atoms with Gasteiger partial charge in [-0.3, -0.25) is 14.9 Å². The smallest absolute Gasteiger partial charge is 0.337 e. The highest BCUT2D eigenvalue weighted by Gasteiger charge is 2.45. The fourth-order valence-corrected chi connectivity index (χ4v) is 9.37. The maximum absolute atomic E-state index is 13.5. The first-order chi connectivity index (χ1) is 27.9. The molecule has 3 aliphatic rings. The predicted molar refractivity (Wildman–Crippen MR) is 234 cm³/mol. The summed E-state index contributed by atoms with van der Waals surface area (Å²) in [5, 5.41) is 6.30. The van der Waals surface area contributed by atoms with Crippen molar-refractivity contribution in [1.29, 1.82) is 0 Å². The summed E-state index contributed by atoms with van der Waals surface area (Å²) < 4.78 is 34.4. The molecule has 0 radical (unpaired) electrons. The van der Waals surface area contributed by atoms with Gasteiger partial charge in [0, 0.05) is 51.1 Å². The molecule has 326 valence electrons. The van der Waals surface area contributed by atoms with Crippen molar-refractivity contribution in [2.24, 2.45) is 29.6 Å². The number of nitrogens with one attached hydrogen (secondary N) is 2. The third kappa shape index (κ3) is 13.7. The van der Waals surface area contributed by atoms with Crippen molar-refractivity contribution in [3.63, 3.8) is 0 Å². The SMILES string of the molecule is CCOC(=O)[C@@H](NCc1ccc(OC)cc1OC)[C@H](CCNC(=O)/C=C/C=C/C[C@@H]1[C@H]2C=C[C@H](C)[C@H]2C[C@H]1/C=C/CCC1=CC(=O)OC(C)(C)O1)O[Si](C)(C)C(C)(C)C. The van der Waals surface area contributed by atoms with Gasteiger partial charge in [0.15, 0.2) is 8.32 Å². The van der Waals surface area contributed by atoms with Gasteiger partial charge in [0.2, 0.25) is 11.7 Å². The van der Waals surface area contributed by atoms with Gasteiger partial charge in [0.05, 0.1) is 33.0 Å². The average molecular weight is 835 g/mol. The van der Waals surface area contributed by atoms with E-state index in [1.54, 1.807) is 47.1 Å². The van der Waals surface area contributed by atoms with E-state index in [4.69, 9.17) is 28.1 Å². The summed E-state index contributed by atoms with van der Waals surface area (Å²) >= 11 is 0. The van der Waals surface area contributed by atoms with Crippen molar-refractivity contribution >= 4 is 26.2 Å². The van der Waals surface area contributed by atoms with Crippen molar-refractivity contribution in [3.8, 4) is 11.5 Å². The van der Waals surface area contributed by atoms with Gasteiger partial charge >= 0.3 is 11.9 Å². The highest BCUT2D eigenvalue weighted by molar-refractivity contribution is 6.74. The quantitative estimate of drug-likeness (QED) is 0.0408. The van der Waals surface area contributed by atoms with E-state index in [1.807, 2.05) is 24.3 Å². The van der Waals surface area contributed by atoms with Crippen LogP contribution in [0.2, 0.25) is 18.1 Å². The van der Waals surface area contributed by atoms with Gasteiger partial charge in [-0.1, -0.05) is 76.3 Å². The first-order valence-electron chi connectivity index (χ1n) is 21.2. The highest BCUT2D eigenvalue weighted by Crippen LogP contribution is 2.51. The van der Waals surface area contributed by atoms with Crippen LogP contribution >= 0.6 is 0 Å². The summed E-state index contributed by atoms with van der Waals surface area (Å²) in [6.45, 7) is 19.2. The zero-order chi connectivity index (χ0) is 43.4. The molecule has 1 aromatic rings. The maximum Gasteiger partial charge on any atom is 0.337 e. The minimum absolute atomic E-state index is 0.109. The Kier molecular flexibility index (Phi) is 17.2.